The normalized spacial score (nSPS) is 16.0. The fourth-order valence-electron chi connectivity index (χ4n) is 3.74. The molecule has 0 saturated heterocycles. The molecular formula is C22H24N4O3. The summed E-state index contributed by atoms with van der Waals surface area (Å²) in [5, 5.41) is 13.7. The number of esters is 1. The summed E-state index contributed by atoms with van der Waals surface area (Å²) >= 11 is 0. The minimum absolute atomic E-state index is 0.0621. The molecule has 0 bridgehead atoms. The van der Waals surface area contributed by atoms with Gasteiger partial charge in [-0.1, -0.05) is 60.7 Å². The number of aromatic nitrogens is 2. The summed E-state index contributed by atoms with van der Waals surface area (Å²) in [6.07, 6.45) is 0.845. The molecule has 0 amide bonds. The predicted molar refractivity (Wildman–Crippen MR) is 109 cm³/mol. The van der Waals surface area contributed by atoms with Gasteiger partial charge in [-0.05, 0) is 11.1 Å². The third-order valence-corrected chi connectivity index (χ3v) is 5.02. The Labute approximate surface area is 169 Å². The van der Waals surface area contributed by atoms with Gasteiger partial charge in [-0.25, -0.2) is 4.98 Å². The van der Waals surface area contributed by atoms with Gasteiger partial charge < -0.3 is 19.3 Å². The summed E-state index contributed by atoms with van der Waals surface area (Å²) < 4.78 is 6.88. The van der Waals surface area contributed by atoms with E-state index in [9.17, 15) is 9.90 Å². The fourth-order valence-corrected chi connectivity index (χ4v) is 3.74. The first-order chi connectivity index (χ1) is 14.1. The molecule has 7 nitrogen and oxygen atoms in total. The number of imidazole rings is 1. The maximum absolute atomic E-state index is 11.1. The lowest BCUT2D eigenvalue weighted by molar-refractivity contribution is -0.141. The maximum Gasteiger partial charge on any atom is 0.302 e. The van der Waals surface area contributed by atoms with Gasteiger partial charge in [0.05, 0.1) is 25.6 Å². The minimum atomic E-state index is -0.840. The average Bonchev–Trinajstić information content (AvgIpc) is 3.16. The molecule has 2 heterocycles. The van der Waals surface area contributed by atoms with Gasteiger partial charge in [-0.15, -0.1) is 0 Å². The first kappa shape index (κ1) is 19.2. The molecule has 2 aromatic carbocycles. The van der Waals surface area contributed by atoms with Crippen LogP contribution >= 0.6 is 0 Å². The van der Waals surface area contributed by atoms with Gasteiger partial charge in [0.25, 0.3) is 0 Å². The number of nitrogens with one attached hydrogen (secondary N) is 1. The van der Waals surface area contributed by atoms with Gasteiger partial charge in [0.15, 0.2) is 12.0 Å². The van der Waals surface area contributed by atoms with Gasteiger partial charge in [-0.2, -0.15) is 0 Å². The van der Waals surface area contributed by atoms with Crippen LogP contribution in [0.3, 0.4) is 0 Å². The van der Waals surface area contributed by atoms with Crippen LogP contribution in [0.5, 0.6) is 0 Å². The van der Waals surface area contributed by atoms with Gasteiger partial charge in [-0.3, -0.25) is 10.1 Å². The molecule has 3 aromatic rings. The van der Waals surface area contributed by atoms with Crippen molar-refractivity contribution < 1.29 is 14.6 Å². The number of aliphatic hydroxyl groups is 1. The summed E-state index contributed by atoms with van der Waals surface area (Å²) in [4.78, 5) is 17.8. The molecule has 1 aliphatic heterocycles. The van der Waals surface area contributed by atoms with Crippen molar-refractivity contribution in [2.75, 3.05) is 18.2 Å². The van der Waals surface area contributed by atoms with Gasteiger partial charge in [0.2, 0.25) is 0 Å². The number of ether oxygens (including phenoxy) is 1. The molecule has 29 heavy (non-hydrogen) atoms. The van der Waals surface area contributed by atoms with E-state index in [1.54, 1.807) is 6.33 Å². The molecule has 1 aromatic heterocycles. The second kappa shape index (κ2) is 8.46. The van der Waals surface area contributed by atoms with Crippen LogP contribution in [-0.4, -0.2) is 33.9 Å². The number of rotatable bonds is 6. The molecule has 4 rings (SSSR count). The quantitative estimate of drug-likeness (QED) is 0.628. The summed E-state index contributed by atoms with van der Waals surface area (Å²) in [6, 6.07) is 20.4. The molecule has 0 saturated carbocycles. The van der Waals surface area contributed by atoms with E-state index in [4.69, 9.17) is 4.74 Å². The van der Waals surface area contributed by atoms with Crippen LogP contribution in [0, 0.1) is 0 Å². The van der Waals surface area contributed by atoms with E-state index < -0.39 is 6.23 Å². The Bertz CT molecular complexity index is 919. The smallest absolute Gasteiger partial charge is 0.302 e. The number of carbonyl (C=O) groups is 1. The Morgan fingerprint density at radius 3 is 2.38 bits per heavy atom. The summed E-state index contributed by atoms with van der Waals surface area (Å²) in [5.41, 5.74) is 2.94. The minimum Gasteiger partial charge on any atom is -0.464 e. The second-order valence-electron chi connectivity index (χ2n) is 6.95. The lowest BCUT2D eigenvalue weighted by atomic mass is 9.96. The van der Waals surface area contributed by atoms with Crippen molar-refractivity contribution >= 4 is 11.8 Å². The van der Waals surface area contributed by atoms with E-state index in [1.807, 2.05) is 41.0 Å². The first-order valence-electron chi connectivity index (χ1n) is 9.61. The number of hydrogen-bond donors (Lipinski definition) is 2. The monoisotopic (exact) mass is 392 g/mol. The Balaban J connectivity index is 1.72. The molecular weight excluding hydrogens is 368 g/mol. The second-order valence-corrected chi connectivity index (χ2v) is 6.95. The van der Waals surface area contributed by atoms with Crippen molar-refractivity contribution in [2.45, 2.75) is 25.7 Å². The average molecular weight is 392 g/mol. The molecule has 150 valence electrons. The van der Waals surface area contributed by atoms with E-state index >= 15 is 0 Å². The number of fused-ring (bicyclic) bond motifs is 1. The van der Waals surface area contributed by atoms with Crippen LogP contribution in [-0.2, 0) is 16.1 Å². The molecule has 1 unspecified atom stereocenters. The zero-order valence-electron chi connectivity index (χ0n) is 16.2. The number of benzene rings is 2. The highest BCUT2D eigenvalue weighted by molar-refractivity contribution is 5.65. The lowest BCUT2D eigenvalue weighted by Crippen LogP contribution is -2.45. The molecule has 2 N–H and O–H groups in total. The van der Waals surface area contributed by atoms with Crippen LogP contribution < -0.4 is 10.2 Å². The maximum atomic E-state index is 11.1. The zero-order valence-corrected chi connectivity index (χ0v) is 16.2. The van der Waals surface area contributed by atoms with Crippen molar-refractivity contribution in [1.29, 1.82) is 0 Å². The SMILES string of the molecule is CC(=O)OCCn1cnc2c1C(O)NCN2C(c1ccccc1)c1ccccc1. The van der Waals surface area contributed by atoms with Crippen molar-refractivity contribution in [1.82, 2.24) is 14.9 Å². The van der Waals surface area contributed by atoms with Crippen molar-refractivity contribution in [2.24, 2.45) is 0 Å². The number of aliphatic hydroxyl groups excluding tert-OH is 1. The van der Waals surface area contributed by atoms with E-state index in [1.165, 1.54) is 6.92 Å². The largest absolute Gasteiger partial charge is 0.464 e. The standard InChI is InChI=1S/C22H24N4O3/c1-16(27)29-13-12-25-14-23-21-20(25)22(28)24-15-26(21)19(17-8-4-2-5-9-17)18-10-6-3-7-11-18/h2-11,14,19,22,24,28H,12-13,15H2,1H3. The fraction of sp³-hybridized carbons (Fsp3) is 0.273. The number of anilines is 1. The topological polar surface area (TPSA) is 79.6 Å². The van der Waals surface area contributed by atoms with E-state index in [-0.39, 0.29) is 18.6 Å². The third-order valence-electron chi connectivity index (χ3n) is 5.02. The molecule has 7 heteroatoms. The van der Waals surface area contributed by atoms with Gasteiger partial charge in [0, 0.05) is 6.92 Å². The first-order valence-corrected chi connectivity index (χ1v) is 9.61. The summed E-state index contributed by atoms with van der Waals surface area (Å²) in [5.74, 6) is 0.393. The highest BCUT2D eigenvalue weighted by Gasteiger charge is 2.33. The van der Waals surface area contributed by atoms with Crippen LogP contribution in [0.4, 0.5) is 5.82 Å². The Hall–Kier alpha value is -3.16. The number of carbonyl (C=O) groups excluding carboxylic acids is 1. The number of nitrogens with zero attached hydrogens (tertiary/aromatic N) is 3. The van der Waals surface area contributed by atoms with Crippen LogP contribution in [0.2, 0.25) is 0 Å². The van der Waals surface area contributed by atoms with Gasteiger partial charge >= 0.3 is 5.97 Å². The number of hydrogen-bond acceptors (Lipinski definition) is 6. The van der Waals surface area contributed by atoms with Crippen molar-refractivity contribution in [3.63, 3.8) is 0 Å². The Morgan fingerprint density at radius 2 is 1.79 bits per heavy atom. The molecule has 1 atom stereocenters. The Kier molecular flexibility index (Phi) is 5.59. The van der Waals surface area contributed by atoms with Crippen LogP contribution in [0.15, 0.2) is 67.0 Å². The Morgan fingerprint density at radius 1 is 1.17 bits per heavy atom. The van der Waals surface area contributed by atoms with Crippen LogP contribution in [0.1, 0.15) is 36.0 Å². The zero-order chi connectivity index (χ0) is 20.2. The van der Waals surface area contributed by atoms with Crippen molar-refractivity contribution in [3.8, 4) is 0 Å². The van der Waals surface area contributed by atoms with Gasteiger partial charge in [0.1, 0.15) is 12.3 Å². The third kappa shape index (κ3) is 4.01. The molecule has 0 radical (unpaired) electrons. The predicted octanol–water partition coefficient (Wildman–Crippen LogP) is 2.59. The summed E-state index contributed by atoms with van der Waals surface area (Å²) in [6.45, 7) is 2.48. The lowest BCUT2D eigenvalue weighted by Gasteiger charge is -2.38. The van der Waals surface area contributed by atoms with E-state index in [2.05, 4.69) is 39.5 Å². The molecule has 0 spiro atoms. The molecule has 0 aliphatic carbocycles. The van der Waals surface area contributed by atoms with Crippen molar-refractivity contribution in [3.05, 3.63) is 83.8 Å². The summed E-state index contributed by atoms with van der Waals surface area (Å²) in [7, 11) is 0. The van der Waals surface area contributed by atoms with Crippen LogP contribution in [0.25, 0.3) is 0 Å². The van der Waals surface area contributed by atoms with E-state index in [0.29, 0.717) is 18.9 Å². The highest BCUT2D eigenvalue weighted by Crippen LogP contribution is 2.37. The highest BCUT2D eigenvalue weighted by atomic mass is 16.5. The van der Waals surface area contributed by atoms with E-state index in [0.717, 1.165) is 16.9 Å². The molecule has 0 fully saturated rings. The molecule has 1 aliphatic rings.